The van der Waals surface area contributed by atoms with Crippen LogP contribution in [0.1, 0.15) is 13.3 Å². The van der Waals surface area contributed by atoms with Crippen LogP contribution < -0.4 is 5.56 Å². The molecule has 1 heterocycles. The van der Waals surface area contributed by atoms with Crippen LogP contribution in [0.2, 0.25) is 5.15 Å². The lowest BCUT2D eigenvalue weighted by molar-refractivity contribution is 0.669. The second-order valence-electron chi connectivity index (χ2n) is 2.52. The summed E-state index contributed by atoms with van der Waals surface area (Å²) in [5.41, 5.74) is -0.178. The molecule has 0 spiro atoms. The number of hydrogen-bond donors (Lipinski definition) is 0. The first kappa shape index (κ1) is 11.3. The van der Waals surface area contributed by atoms with Gasteiger partial charge in [0.05, 0.1) is 6.33 Å². The Labute approximate surface area is 95.2 Å². The molecule has 0 fully saturated rings. The minimum absolute atomic E-state index is 0.178. The highest BCUT2D eigenvalue weighted by atomic mass is 79.9. The molecule has 0 unspecified atom stereocenters. The summed E-state index contributed by atoms with van der Waals surface area (Å²) in [5, 5.41) is 0.188. The molecule has 74 valence electrons. The van der Waals surface area contributed by atoms with E-state index < -0.39 is 0 Å². The second kappa shape index (κ2) is 5.18. The van der Waals surface area contributed by atoms with Crippen LogP contribution in [0.25, 0.3) is 0 Å². The Kier molecular flexibility index (Phi) is 4.18. The third kappa shape index (κ3) is 2.60. The first-order chi connectivity index (χ1) is 6.66. The topological polar surface area (TPSA) is 34.9 Å². The van der Waals surface area contributed by atoms with Crippen LogP contribution in [0.5, 0.6) is 0 Å². The molecule has 0 aromatic carbocycles. The number of aryl methyl sites for hydroxylation is 1. The van der Waals surface area contributed by atoms with Crippen LogP contribution in [-0.2, 0) is 6.54 Å². The highest BCUT2D eigenvalue weighted by molar-refractivity contribution is 9.10. The summed E-state index contributed by atoms with van der Waals surface area (Å²) in [6.45, 7) is 2.29. The fourth-order valence-corrected chi connectivity index (χ4v) is 1.36. The molecule has 0 amide bonds. The smallest absolute Gasteiger partial charge is 0.269 e. The highest BCUT2D eigenvalue weighted by Gasteiger charge is 2.05. The number of rotatable bonds is 2. The molecule has 0 atom stereocenters. The quantitative estimate of drug-likeness (QED) is 0.612. The molecule has 0 aliphatic heterocycles. The average Bonchev–Trinajstić information content (AvgIpc) is 2.18. The van der Waals surface area contributed by atoms with Crippen LogP contribution in [0.15, 0.2) is 15.6 Å². The van der Waals surface area contributed by atoms with Crippen molar-refractivity contribution in [3.05, 3.63) is 26.3 Å². The molecule has 5 heteroatoms. The van der Waals surface area contributed by atoms with Crippen molar-refractivity contribution in [3.63, 3.8) is 0 Å². The van der Waals surface area contributed by atoms with Gasteiger partial charge in [0.2, 0.25) is 0 Å². The molecular weight excluding hydrogens is 267 g/mol. The molecule has 0 saturated carbocycles. The summed E-state index contributed by atoms with van der Waals surface area (Å²) in [6.07, 6.45) is 2.05. The first-order valence-electron chi connectivity index (χ1n) is 3.97. The molecule has 0 bridgehead atoms. The second-order valence-corrected chi connectivity index (χ2v) is 3.68. The fourth-order valence-electron chi connectivity index (χ4n) is 0.904. The van der Waals surface area contributed by atoms with E-state index in [1.165, 1.54) is 10.9 Å². The third-order valence-electron chi connectivity index (χ3n) is 1.59. The predicted octanol–water partition coefficient (Wildman–Crippen LogP) is 2.07. The lowest BCUT2D eigenvalue weighted by atomic mass is 10.4. The molecule has 0 N–H and O–H groups in total. The van der Waals surface area contributed by atoms with Crippen molar-refractivity contribution in [1.82, 2.24) is 9.55 Å². The fraction of sp³-hybridized carbons (Fsp3) is 0.333. The van der Waals surface area contributed by atoms with E-state index in [-0.39, 0.29) is 10.7 Å². The molecule has 1 aromatic heterocycles. The van der Waals surface area contributed by atoms with E-state index in [0.29, 0.717) is 17.4 Å². The largest absolute Gasteiger partial charge is 0.297 e. The van der Waals surface area contributed by atoms with Gasteiger partial charge in [0.25, 0.3) is 5.56 Å². The lowest BCUT2D eigenvalue weighted by Gasteiger charge is -2.02. The molecule has 1 rings (SSSR count). The summed E-state index contributed by atoms with van der Waals surface area (Å²) < 4.78 is 1.77. The molecule has 14 heavy (non-hydrogen) atoms. The molecule has 0 aliphatic rings. The minimum Gasteiger partial charge on any atom is -0.297 e. The number of nitrogens with zero attached hydrogens (tertiary/aromatic N) is 2. The molecule has 3 nitrogen and oxygen atoms in total. The predicted molar refractivity (Wildman–Crippen MR) is 59.3 cm³/mol. The van der Waals surface area contributed by atoms with Gasteiger partial charge in [0, 0.05) is 13.0 Å². The maximum Gasteiger partial charge on any atom is 0.269 e. The minimum atomic E-state index is -0.178. The van der Waals surface area contributed by atoms with Crippen molar-refractivity contribution < 1.29 is 0 Å². The Bertz CT molecular complexity index is 444. The van der Waals surface area contributed by atoms with Gasteiger partial charge in [-0.1, -0.05) is 11.6 Å². The van der Waals surface area contributed by atoms with Crippen molar-refractivity contribution in [1.29, 1.82) is 0 Å². The van der Waals surface area contributed by atoms with Gasteiger partial charge in [-0.05, 0) is 22.9 Å². The number of hydrogen-bond acceptors (Lipinski definition) is 2. The van der Waals surface area contributed by atoms with E-state index in [2.05, 4.69) is 32.8 Å². The lowest BCUT2D eigenvalue weighted by Crippen LogP contribution is -2.21. The molecule has 0 aliphatic carbocycles. The molecular formula is C9H8BrClN2O. The summed E-state index contributed by atoms with van der Waals surface area (Å²) in [6, 6.07) is 0. The van der Waals surface area contributed by atoms with Crippen molar-refractivity contribution >= 4 is 27.5 Å². The summed E-state index contributed by atoms with van der Waals surface area (Å²) >= 11 is 8.72. The van der Waals surface area contributed by atoms with Gasteiger partial charge < -0.3 is 0 Å². The van der Waals surface area contributed by atoms with Gasteiger partial charge in [-0.25, -0.2) is 4.98 Å². The zero-order valence-electron chi connectivity index (χ0n) is 7.55. The van der Waals surface area contributed by atoms with Crippen molar-refractivity contribution in [3.8, 4) is 11.8 Å². The van der Waals surface area contributed by atoms with Gasteiger partial charge >= 0.3 is 0 Å². The maximum absolute atomic E-state index is 11.5. The zero-order chi connectivity index (χ0) is 10.6. The van der Waals surface area contributed by atoms with Gasteiger partial charge in [0.15, 0.2) is 5.15 Å². The molecule has 0 saturated heterocycles. The maximum atomic E-state index is 11.5. The van der Waals surface area contributed by atoms with E-state index in [1.54, 1.807) is 6.92 Å². The van der Waals surface area contributed by atoms with Gasteiger partial charge in [0.1, 0.15) is 4.47 Å². The van der Waals surface area contributed by atoms with Gasteiger partial charge in [-0.3, -0.25) is 9.36 Å². The van der Waals surface area contributed by atoms with Crippen molar-refractivity contribution in [2.24, 2.45) is 0 Å². The third-order valence-corrected chi connectivity index (χ3v) is 2.82. The van der Waals surface area contributed by atoms with Crippen molar-refractivity contribution in [2.45, 2.75) is 19.9 Å². The Hall–Kier alpha value is -0.790. The van der Waals surface area contributed by atoms with E-state index in [0.717, 1.165) is 0 Å². The highest BCUT2D eigenvalue weighted by Crippen LogP contribution is 2.13. The Morgan fingerprint density at radius 3 is 3.07 bits per heavy atom. The van der Waals surface area contributed by atoms with E-state index in [1.807, 2.05) is 0 Å². The molecule has 0 radical (unpaired) electrons. The zero-order valence-corrected chi connectivity index (χ0v) is 9.89. The summed E-state index contributed by atoms with van der Waals surface area (Å²) in [5.74, 6) is 5.63. The summed E-state index contributed by atoms with van der Waals surface area (Å²) in [4.78, 5) is 15.4. The standard InChI is InChI=1S/C9H8BrClN2O/c1-2-3-4-5-13-6-12-8(11)7(10)9(13)14/h6H,4-5H2,1H3. The summed E-state index contributed by atoms with van der Waals surface area (Å²) in [7, 11) is 0. The Balaban J connectivity index is 2.93. The van der Waals surface area contributed by atoms with E-state index in [4.69, 9.17) is 11.6 Å². The molecule has 1 aromatic rings. The van der Waals surface area contributed by atoms with Crippen molar-refractivity contribution in [2.75, 3.05) is 0 Å². The van der Waals surface area contributed by atoms with E-state index in [9.17, 15) is 4.79 Å². The van der Waals surface area contributed by atoms with Gasteiger partial charge in [-0.15, -0.1) is 11.8 Å². The normalized spacial score (nSPS) is 9.36. The number of aromatic nitrogens is 2. The van der Waals surface area contributed by atoms with Crippen LogP contribution in [-0.4, -0.2) is 9.55 Å². The van der Waals surface area contributed by atoms with Gasteiger partial charge in [-0.2, -0.15) is 0 Å². The Morgan fingerprint density at radius 1 is 1.71 bits per heavy atom. The SMILES string of the molecule is CC#CCCn1cnc(Cl)c(Br)c1=O. The average molecular weight is 276 g/mol. The number of halogens is 2. The Morgan fingerprint density at radius 2 is 2.43 bits per heavy atom. The van der Waals surface area contributed by atoms with Crippen LogP contribution in [0.3, 0.4) is 0 Å². The van der Waals surface area contributed by atoms with Crippen LogP contribution >= 0.6 is 27.5 Å². The first-order valence-corrected chi connectivity index (χ1v) is 5.14. The van der Waals surface area contributed by atoms with Crippen LogP contribution in [0, 0.1) is 11.8 Å². The van der Waals surface area contributed by atoms with E-state index >= 15 is 0 Å². The van der Waals surface area contributed by atoms with Crippen LogP contribution in [0.4, 0.5) is 0 Å². The monoisotopic (exact) mass is 274 g/mol.